The van der Waals surface area contributed by atoms with E-state index in [1.54, 1.807) is 30.6 Å². The van der Waals surface area contributed by atoms with Crippen LogP contribution in [0.4, 0.5) is 19.0 Å². The molecule has 0 unspecified atom stereocenters. The summed E-state index contributed by atoms with van der Waals surface area (Å²) in [7, 11) is 1.63. The maximum absolute atomic E-state index is 12.3. The highest BCUT2D eigenvalue weighted by molar-refractivity contribution is 7.18. The molecule has 4 rings (SSSR count). The number of aromatic nitrogens is 2. The Morgan fingerprint density at radius 1 is 0.971 bits per heavy atom. The van der Waals surface area contributed by atoms with Crippen LogP contribution in [0.5, 0.6) is 5.75 Å². The number of hydrogen-bond acceptors (Lipinski definition) is 6. The van der Waals surface area contributed by atoms with Gasteiger partial charge in [0.2, 0.25) is 0 Å². The minimum absolute atomic E-state index is 0.228. The van der Waals surface area contributed by atoms with Gasteiger partial charge < -0.3 is 14.8 Å². The van der Waals surface area contributed by atoms with Crippen molar-refractivity contribution >= 4 is 27.4 Å². The largest absolute Gasteiger partial charge is 0.573 e. The van der Waals surface area contributed by atoms with Crippen LogP contribution in [0.3, 0.4) is 0 Å². The highest BCUT2D eigenvalue weighted by Crippen LogP contribution is 2.29. The molecule has 178 valence electrons. The highest BCUT2D eigenvalue weighted by Gasteiger charge is 2.30. The van der Waals surface area contributed by atoms with Crippen molar-refractivity contribution < 1.29 is 22.6 Å². The molecule has 4 aromatic rings. The molecule has 9 heteroatoms. The maximum atomic E-state index is 12.3. The zero-order valence-electron chi connectivity index (χ0n) is 18.8. The van der Waals surface area contributed by atoms with Gasteiger partial charge in [-0.25, -0.2) is 9.97 Å². The molecule has 0 spiro atoms. The SMILES string of the molecule is COCc1nc(NCCCc2ccc(-c3ccc(OC(F)(F)F)cc3)cc2)c2cc(C)sc2n1. The molecule has 5 nitrogen and oxygen atoms in total. The first-order chi connectivity index (χ1) is 16.3. The van der Waals surface area contributed by atoms with Crippen molar-refractivity contribution in [3.63, 3.8) is 0 Å². The van der Waals surface area contributed by atoms with E-state index in [0.717, 1.165) is 46.5 Å². The van der Waals surface area contributed by atoms with Crippen LogP contribution in [0.25, 0.3) is 21.3 Å². The Hall–Kier alpha value is -3.17. The van der Waals surface area contributed by atoms with Crippen LogP contribution in [0.15, 0.2) is 54.6 Å². The zero-order chi connectivity index (χ0) is 24.1. The van der Waals surface area contributed by atoms with E-state index in [1.165, 1.54) is 22.6 Å². The third-order valence-corrected chi connectivity index (χ3v) is 6.09. The first-order valence-electron chi connectivity index (χ1n) is 10.8. The molecule has 2 aromatic carbocycles. The number of rotatable bonds is 9. The minimum Gasteiger partial charge on any atom is -0.406 e. The smallest absolute Gasteiger partial charge is 0.406 e. The number of methoxy groups -OCH3 is 1. The van der Waals surface area contributed by atoms with E-state index in [-0.39, 0.29) is 5.75 Å². The number of aryl methyl sites for hydroxylation is 2. The Bertz CT molecular complexity index is 1240. The van der Waals surface area contributed by atoms with E-state index in [4.69, 9.17) is 4.74 Å². The lowest BCUT2D eigenvalue weighted by atomic mass is 10.0. The quantitative estimate of drug-likeness (QED) is 0.265. The molecular weight excluding hydrogens is 463 g/mol. The molecule has 2 aromatic heterocycles. The number of fused-ring (bicyclic) bond motifs is 1. The van der Waals surface area contributed by atoms with E-state index in [1.807, 2.05) is 24.3 Å². The van der Waals surface area contributed by atoms with Gasteiger partial charge in [-0.2, -0.15) is 0 Å². The summed E-state index contributed by atoms with van der Waals surface area (Å²) in [6.45, 7) is 3.18. The van der Waals surface area contributed by atoms with E-state index >= 15 is 0 Å². The fourth-order valence-electron chi connectivity index (χ4n) is 3.63. The second kappa shape index (κ2) is 10.4. The Balaban J connectivity index is 1.33. The summed E-state index contributed by atoms with van der Waals surface area (Å²) in [5.41, 5.74) is 2.94. The molecule has 0 aliphatic heterocycles. The average molecular weight is 488 g/mol. The number of benzene rings is 2. The molecule has 0 aliphatic rings. The standard InChI is InChI=1S/C25H24F3N3O2S/c1-16-14-21-23(30-22(15-32-2)31-24(21)34-16)29-13-3-4-17-5-7-18(8-6-17)19-9-11-20(12-10-19)33-25(26,27)28/h5-12,14H,3-4,13,15H2,1-2H3,(H,29,30,31). The Morgan fingerprint density at radius 2 is 1.65 bits per heavy atom. The van der Waals surface area contributed by atoms with Crippen molar-refractivity contribution in [2.75, 3.05) is 19.0 Å². The van der Waals surface area contributed by atoms with Crippen molar-refractivity contribution in [1.29, 1.82) is 0 Å². The normalized spacial score (nSPS) is 11.7. The van der Waals surface area contributed by atoms with Gasteiger partial charge in [-0.05, 0) is 54.7 Å². The van der Waals surface area contributed by atoms with Crippen molar-refractivity contribution in [2.45, 2.75) is 32.7 Å². The number of hydrogen-bond donors (Lipinski definition) is 1. The van der Waals surface area contributed by atoms with Crippen molar-refractivity contribution in [2.24, 2.45) is 0 Å². The minimum atomic E-state index is -4.69. The van der Waals surface area contributed by atoms with E-state index < -0.39 is 6.36 Å². The summed E-state index contributed by atoms with van der Waals surface area (Å²) in [6, 6.07) is 16.0. The van der Waals surface area contributed by atoms with Crippen LogP contribution >= 0.6 is 11.3 Å². The number of halogens is 3. The number of nitrogens with one attached hydrogen (secondary N) is 1. The van der Waals surface area contributed by atoms with Gasteiger partial charge in [-0.3, -0.25) is 0 Å². The number of alkyl halides is 3. The lowest BCUT2D eigenvalue weighted by Gasteiger charge is -2.10. The van der Waals surface area contributed by atoms with Crippen LogP contribution in [-0.2, 0) is 17.8 Å². The Morgan fingerprint density at radius 3 is 2.29 bits per heavy atom. The molecule has 1 N–H and O–H groups in total. The van der Waals surface area contributed by atoms with Gasteiger partial charge in [0.1, 0.15) is 23.0 Å². The molecule has 0 bridgehead atoms. The molecule has 0 fully saturated rings. The molecule has 0 aliphatic carbocycles. The van der Waals surface area contributed by atoms with Gasteiger partial charge in [-0.15, -0.1) is 24.5 Å². The fraction of sp³-hybridized carbons (Fsp3) is 0.280. The Labute approximate surface area is 199 Å². The fourth-order valence-corrected chi connectivity index (χ4v) is 4.53. The lowest BCUT2D eigenvalue weighted by molar-refractivity contribution is -0.274. The van der Waals surface area contributed by atoms with Crippen LogP contribution in [-0.4, -0.2) is 30.0 Å². The number of nitrogens with zero attached hydrogens (tertiary/aromatic N) is 2. The Kier molecular flexibility index (Phi) is 7.33. The predicted molar refractivity (Wildman–Crippen MR) is 128 cm³/mol. The number of ether oxygens (including phenoxy) is 2. The predicted octanol–water partition coefficient (Wildman–Crippen LogP) is 6.76. The summed E-state index contributed by atoms with van der Waals surface area (Å²) in [6.07, 6.45) is -2.89. The second-order valence-corrected chi connectivity index (χ2v) is 9.03. The molecule has 34 heavy (non-hydrogen) atoms. The number of anilines is 1. The molecule has 0 amide bonds. The summed E-state index contributed by atoms with van der Waals surface area (Å²) in [5, 5.41) is 4.46. The second-order valence-electron chi connectivity index (χ2n) is 7.80. The van der Waals surface area contributed by atoms with E-state index in [9.17, 15) is 13.2 Å². The van der Waals surface area contributed by atoms with Gasteiger partial charge in [0, 0.05) is 18.5 Å². The topological polar surface area (TPSA) is 56.3 Å². The summed E-state index contributed by atoms with van der Waals surface area (Å²) < 4.78 is 46.1. The molecule has 0 radical (unpaired) electrons. The first-order valence-corrected chi connectivity index (χ1v) is 11.6. The third kappa shape index (κ3) is 6.24. The van der Waals surface area contributed by atoms with Crippen molar-refractivity contribution in [3.8, 4) is 16.9 Å². The zero-order valence-corrected chi connectivity index (χ0v) is 19.6. The molecule has 0 atom stereocenters. The van der Waals surface area contributed by atoms with Gasteiger partial charge >= 0.3 is 6.36 Å². The van der Waals surface area contributed by atoms with Gasteiger partial charge in [0.05, 0.1) is 5.39 Å². The summed E-state index contributed by atoms with van der Waals surface area (Å²) >= 11 is 1.64. The van der Waals surface area contributed by atoms with Crippen molar-refractivity contribution in [3.05, 3.63) is 70.9 Å². The molecule has 0 saturated carbocycles. The third-order valence-electron chi connectivity index (χ3n) is 5.15. The van der Waals surface area contributed by atoms with Crippen LogP contribution in [0.1, 0.15) is 22.7 Å². The molecule has 0 saturated heterocycles. The van der Waals surface area contributed by atoms with Gasteiger partial charge in [0.15, 0.2) is 5.82 Å². The monoisotopic (exact) mass is 487 g/mol. The summed E-state index contributed by atoms with van der Waals surface area (Å²) in [4.78, 5) is 11.3. The van der Waals surface area contributed by atoms with Crippen molar-refractivity contribution in [1.82, 2.24) is 9.97 Å². The highest BCUT2D eigenvalue weighted by atomic mass is 32.1. The van der Waals surface area contributed by atoms with Crippen LogP contribution in [0.2, 0.25) is 0 Å². The van der Waals surface area contributed by atoms with Gasteiger partial charge in [0.25, 0.3) is 0 Å². The van der Waals surface area contributed by atoms with E-state index in [2.05, 4.69) is 33.0 Å². The first kappa shape index (κ1) is 24.0. The average Bonchev–Trinajstić information content (AvgIpc) is 3.17. The lowest BCUT2D eigenvalue weighted by Crippen LogP contribution is -2.16. The van der Waals surface area contributed by atoms with Crippen LogP contribution in [0, 0.1) is 6.92 Å². The van der Waals surface area contributed by atoms with E-state index in [0.29, 0.717) is 12.4 Å². The maximum Gasteiger partial charge on any atom is 0.573 e. The number of thiophene rings is 1. The summed E-state index contributed by atoms with van der Waals surface area (Å²) in [5.74, 6) is 1.26. The van der Waals surface area contributed by atoms with Crippen LogP contribution < -0.4 is 10.1 Å². The van der Waals surface area contributed by atoms with Gasteiger partial charge in [-0.1, -0.05) is 36.4 Å². The molecular formula is C25H24F3N3O2S. The molecule has 2 heterocycles.